The Labute approximate surface area is 173 Å². The SMILES string of the molecule is COCCCc1cnc(-c2cc(F)c3occc3c2)c(N2CCC(C(=O)O)CC2)n1. The van der Waals surface area contributed by atoms with Crippen LogP contribution in [0.15, 0.2) is 35.1 Å². The van der Waals surface area contributed by atoms with E-state index in [1.54, 1.807) is 19.4 Å². The first-order chi connectivity index (χ1) is 14.6. The second kappa shape index (κ2) is 8.79. The number of piperidine rings is 1. The van der Waals surface area contributed by atoms with Crippen molar-refractivity contribution < 1.29 is 23.4 Å². The molecule has 1 saturated heterocycles. The molecule has 7 nitrogen and oxygen atoms in total. The van der Waals surface area contributed by atoms with Gasteiger partial charge < -0.3 is 19.2 Å². The van der Waals surface area contributed by atoms with Crippen molar-refractivity contribution in [3.05, 3.63) is 42.2 Å². The summed E-state index contributed by atoms with van der Waals surface area (Å²) >= 11 is 0. The molecule has 0 bridgehead atoms. The molecule has 0 amide bonds. The van der Waals surface area contributed by atoms with Crippen molar-refractivity contribution in [1.29, 1.82) is 0 Å². The maximum Gasteiger partial charge on any atom is 0.306 e. The fraction of sp³-hybridized carbons (Fsp3) is 0.409. The summed E-state index contributed by atoms with van der Waals surface area (Å²) in [6.07, 6.45) is 5.80. The van der Waals surface area contributed by atoms with Crippen LogP contribution in [-0.2, 0) is 16.0 Å². The Balaban J connectivity index is 1.70. The minimum Gasteiger partial charge on any atom is -0.481 e. The van der Waals surface area contributed by atoms with E-state index in [-0.39, 0.29) is 11.5 Å². The number of aromatic nitrogens is 2. The van der Waals surface area contributed by atoms with Crippen molar-refractivity contribution in [2.24, 2.45) is 5.92 Å². The average Bonchev–Trinajstić information content (AvgIpc) is 3.23. The molecule has 0 spiro atoms. The third-order valence-electron chi connectivity index (χ3n) is 5.51. The number of carbonyl (C=O) groups is 1. The molecule has 30 heavy (non-hydrogen) atoms. The molecule has 1 fully saturated rings. The summed E-state index contributed by atoms with van der Waals surface area (Å²) in [5.41, 5.74) is 2.25. The van der Waals surface area contributed by atoms with Gasteiger partial charge in [0.05, 0.1) is 17.9 Å². The van der Waals surface area contributed by atoms with E-state index < -0.39 is 11.8 Å². The number of carboxylic acid groups (broad SMARTS) is 1. The van der Waals surface area contributed by atoms with Crippen LogP contribution >= 0.6 is 0 Å². The molecule has 0 unspecified atom stereocenters. The van der Waals surface area contributed by atoms with Crippen LogP contribution in [0.5, 0.6) is 0 Å². The molecule has 1 aliphatic heterocycles. The molecule has 0 radical (unpaired) electrons. The van der Waals surface area contributed by atoms with Gasteiger partial charge in [-0.15, -0.1) is 0 Å². The van der Waals surface area contributed by atoms with Crippen molar-refractivity contribution in [1.82, 2.24) is 9.97 Å². The van der Waals surface area contributed by atoms with Crippen molar-refractivity contribution in [2.75, 3.05) is 31.7 Å². The van der Waals surface area contributed by atoms with Crippen LogP contribution in [0.2, 0.25) is 0 Å². The van der Waals surface area contributed by atoms with Gasteiger partial charge in [0.1, 0.15) is 5.69 Å². The number of anilines is 1. The topological polar surface area (TPSA) is 88.7 Å². The number of benzene rings is 1. The standard InChI is InChI=1S/C22H24FN3O4/c1-29-9-2-3-17-13-24-19(16-11-15-6-10-30-20(15)18(23)12-16)21(25-17)26-7-4-14(5-8-26)22(27)28/h6,10-14H,2-5,7-9H2,1H3,(H,27,28). The predicted molar refractivity (Wildman–Crippen MR) is 110 cm³/mol. The number of fused-ring (bicyclic) bond motifs is 1. The minimum absolute atomic E-state index is 0.215. The summed E-state index contributed by atoms with van der Waals surface area (Å²) in [4.78, 5) is 22.8. The van der Waals surface area contributed by atoms with Gasteiger partial charge in [-0.1, -0.05) is 0 Å². The second-order valence-corrected chi connectivity index (χ2v) is 7.53. The molecular weight excluding hydrogens is 389 g/mol. The minimum atomic E-state index is -0.762. The number of rotatable bonds is 7. The summed E-state index contributed by atoms with van der Waals surface area (Å²) in [7, 11) is 1.66. The highest BCUT2D eigenvalue weighted by atomic mass is 19.1. The number of aliphatic carboxylic acids is 1. The first kappa shape index (κ1) is 20.3. The van der Waals surface area contributed by atoms with Crippen molar-refractivity contribution >= 4 is 22.8 Å². The first-order valence-corrected chi connectivity index (χ1v) is 10.1. The van der Waals surface area contributed by atoms with Crippen LogP contribution in [0, 0.1) is 11.7 Å². The fourth-order valence-electron chi connectivity index (χ4n) is 3.87. The monoisotopic (exact) mass is 413 g/mol. The van der Waals surface area contributed by atoms with Crippen LogP contribution < -0.4 is 4.90 Å². The second-order valence-electron chi connectivity index (χ2n) is 7.53. The Kier molecular flexibility index (Phi) is 5.94. The summed E-state index contributed by atoms with van der Waals surface area (Å²) in [5.74, 6) is -0.894. The van der Waals surface area contributed by atoms with Gasteiger partial charge >= 0.3 is 5.97 Å². The van der Waals surface area contributed by atoms with Gasteiger partial charge in [0.2, 0.25) is 0 Å². The van der Waals surface area contributed by atoms with E-state index in [1.165, 1.54) is 12.3 Å². The van der Waals surface area contributed by atoms with Crippen LogP contribution in [0.3, 0.4) is 0 Å². The number of aryl methyl sites for hydroxylation is 1. The molecule has 4 rings (SSSR count). The molecule has 0 saturated carbocycles. The van der Waals surface area contributed by atoms with Crippen LogP contribution in [0.4, 0.5) is 10.2 Å². The van der Waals surface area contributed by atoms with E-state index in [0.717, 1.165) is 18.5 Å². The number of halogens is 1. The van der Waals surface area contributed by atoms with Crippen molar-refractivity contribution in [3.63, 3.8) is 0 Å². The molecule has 3 heterocycles. The van der Waals surface area contributed by atoms with Gasteiger partial charge in [0.15, 0.2) is 17.2 Å². The Hall–Kier alpha value is -3.00. The third-order valence-corrected chi connectivity index (χ3v) is 5.51. The molecule has 0 aliphatic carbocycles. The van der Waals surface area contributed by atoms with Crippen LogP contribution in [-0.4, -0.2) is 47.8 Å². The van der Waals surface area contributed by atoms with Crippen LogP contribution in [0.25, 0.3) is 22.2 Å². The zero-order chi connectivity index (χ0) is 21.1. The van der Waals surface area contributed by atoms with E-state index in [4.69, 9.17) is 14.1 Å². The lowest BCUT2D eigenvalue weighted by Gasteiger charge is -2.32. The summed E-state index contributed by atoms with van der Waals surface area (Å²) in [6.45, 7) is 1.76. The Morgan fingerprint density at radius 2 is 2.17 bits per heavy atom. The number of ether oxygens (including phenoxy) is 1. The summed E-state index contributed by atoms with van der Waals surface area (Å²) in [5, 5.41) is 9.95. The highest BCUT2D eigenvalue weighted by molar-refractivity contribution is 5.85. The molecule has 1 aliphatic rings. The molecular formula is C22H24FN3O4. The molecule has 158 valence electrons. The lowest BCUT2D eigenvalue weighted by Crippen LogP contribution is -2.37. The maximum atomic E-state index is 14.5. The van der Waals surface area contributed by atoms with E-state index in [2.05, 4.69) is 9.88 Å². The zero-order valence-corrected chi connectivity index (χ0v) is 16.8. The normalized spacial score (nSPS) is 15.1. The number of furan rings is 1. The number of carboxylic acids is 1. The number of nitrogens with zero attached hydrogens (tertiary/aromatic N) is 3. The molecule has 0 atom stereocenters. The van der Waals surface area contributed by atoms with E-state index in [9.17, 15) is 14.3 Å². The number of methoxy groups -OCH3 is 1. The van der Waals surface area contributed by atoms with Gasteiger partial charge in [0, 0.05) is 44.0 Å². The molecule has 1 aromatic carbocycles. The highest BCUT2D eigenvalue weighted by Gasteiger charge is 2.27. The Morgan fingerprint density at radius 3 is 2.90 bits per heavy atom. The fourth-order valence-corrected chi connectivity index (χ4v) is 3.87. The lowest BCUT2D eigenvalue weighted by atomic mass is 9.96. The van der Waals surface area contributed by atoms with Gasteiger partial charge in [-0.05, 0) is 43.9 Å². The van der Waals surface area contributed by atoms with Gasteiger partial charge in [-0.2, -0.15) is 0 Å². The molecule has 8 heteroatoms. The lowest BCUT2D eigenvalue weighted by molar-refractivity contribution is -0.142. The number of hydrogen-bond donors (Lipinski definition) is 1. The van der Waals surface area contributed by atoms with Crippen molar-refractivity contribution in [2.45, 2.75) is 25.7 Å². The van der Waals surface area contributed by atoms with Gasteiger partial charge in [0.25, 0.3) is 0 Å². The third kappa shape index (κ3) is 4.14. The van der Waals surface area contributed by atoms with Gasteiger partial charge in [-0.25, -0.2) is 9.37 Å². The highest BCUT2D eigenvalue weighted by Crippen LogP contribution is 2.33. The molecule has 1 N–H and O–H groups in total. The van der Waals surface area contributed by atoms with E-state index in [0.29, 0.717) is 55.0 Å². The molecule has 3 aromatic rings. The number of hydrogen-bond acceptors (Lipinski definition) is 6. The largest absolute Gasteiger partial charge is 0.481 e. The smallest absolute Gasteiger partial charge is 0.306 e. The van der Waals surface area contributed by atoms with Gasteiger partial charge in [-0.3, -0.25) is 9.78 Å². The quantitative estimate of drug-likeness (QED) is 0.588. The van der Waals surface area contributed by atoms with Crippen LogP contribution in [0.1, 0.15) is 25.0 Å². The summed E-state index contributed by atoms with van der Waals surface area (Å²) < 4.78 is 24.9. The van der Waals surface area contributed by atoms with E-state index in [1.807, 2.05) is 6.07 Å². The first-order valence-electron chi connectivity index (χ1n) is 10.1. The van der Waals surface area contributed by atoms with Crippen molar-refractivity contribution in [3.8, 4) is 11.3 Å². The zero-order valence-electron chi connectivity index (χ0n) is 16.8. The Morgan fingerprint density at radius 1 is 1.37 bits per heavy atom. The molecule has 2 aromatic heterocycles. The maximum absolute atomic E-state index is 14.5. The Bertz CT molecular complexity index is 1040. The van der Waals surface area contributed by atoms with E-state index >= 15 is 0 Å². The summed E-state index contributed by atoms with van der Waals surface area (Å²) in [6, 6.07) is 4.96. The predicted octanol–water partition coefficient (Wildman–Crippen LogP) is 3.91. The average molecular weight is 413 g/mol.